The van der Waals surface area contributed by atoms with Crippen LogP contribution >= 0.6 is 34.4 Å². The van der Waals surface area contributed by atoms with E-state index in [0.29, 0.717) is 11.6 Å². The van der Waals surface area contributed by atoms with Gasteiger partial charge in [-0.25, -0.2) is 9.97 Å². The van der Waals surface area contributed by atoms with Gasteiger partial charge in [0.1, 0.15) is 5.75 Å². The van der Waals surface area contributed by atoms with Crippen LogP contribution in [0.4, 0.5) is 10.9 Å². The monoisotopic (exact) mass is 552 g/mol. The third kappa shape index (κ3) is 5.88. The highest BCUT2D eigenvalue weighted by atomic mass is 32.2. The summed E-state index contributed by atoms with van der Waals surface area (Å²) in [7, 11) is 0. The Balaban J connectivity index is 1.24. The molecule has 6 aromatic rings. The molecule has 0 fully saturated rings. The van der Waals surface area contributed by atoms with E-state index in [-0.39, 0.29) is 0 Å². The van der Waals surface area contributed by atoms with Gasteiger partial charge >= 0.3 is 0 Å². The average molecular weight is 553 g/mol. The van der Waals surface area contributed by atoms with Crippen LogP contribution in [0, 0.1) is 6.92 Å². The molecule has 0 aliphatic rings. The summed E-state index contributed by atoms with van der Waals surface area (Å²) in [5.41, 5.74) is 3.40. The van der Waals surface area contributed by atoms with E-state index in [1.165, 1.54) is 15.1 Å². The molecule has 38 heavy (non-hydrogen) atoms. The lowest BCUT2D eigenvalue weighted by Crippen LogP contribution is -1.98. The van der Waals surface area contributed by atoms with Crippen LogP contribution in [0.3, 0.4) is 0 Å². The lowest BCUT2D eigenvalue weighted by atomic mass is 10.1. The number of nitrogens with zero attached hydrogens (tertiary/aromatic N) is 3. The van der Waals surface area contributed by atoms with Gasteiger partial charge in [-0.15, -0.1) is 22.7 Å². The van der Waals surface area contributed by atoms with E-state index >= 15 is 0 Å². The number of benzene rings is 2. The minimum absolute atomic E-state index is 0.633. The molecule has 0 amide bonds. The summed E-state index contributed by atoms with van der Waals surface area (Å²) in [6, 6.07) is 26.5. The second kappa shape index (κ2) is 11.3. The predicted molar refractivity (Wildman–Crippen MR) is 158 cm³/mol. The predicted octanol–water partition coefficient (Wildman–Crippen LogP) is 8.93. The molecule has 8 heteroatoms. The Morgan fingerprint density at radius 3 is 2.58 bits per heavy atom. The van der Waals surface area contributed by atoms with Crippen molar-refractivity contribution in [1.82, 2.24) is 15.0 Å². The number of aryl methyl sites for hydroxylation is 3. The van der Waals surface area contributed by atoms with E-state index in [0.717, 1.165) is 44.7 Å². The molecule has 0 radical (unpaired) electrons. The number of fused-ring (bicyclic) bond motifs is 1. The molecule has 0 unspecified atom stereocenters. The number of pyridine rings is 2. The SMILES string of the molecule is Cc1cc2nccc(Sc3cnc(Nc4nc(CCc5ccccc5)cs4)c(Oc4ccccc4)c3)c2s1. The summed E-state index contributed by atoms with van der Waals surface area (Å²) in [5.74, 6) is 2.03. The van der Waals surface area contributed by atoms with Crippen molar-refractivity contribution in [3.05, 3.63) is 113 Å². The Labute approximate surface area is 233 Å². The molecule has 2 aromatic carbocycles. The van der Waals surface area contributed by atoms with E-state index in [1.54, 1.807) is 34.4 Å². The number of thiazole rings is 1. The maximum absolute atomic E-state index is 6.29. The molecule has 0 saturated carbocycles. The Kier molecular flexibility index (Phi) is 7.35. The number of para-hydroxylation sites is 1. The summed E-state index contributed by atoms with van der Waals surface area (Å²) >= 11 is 5.00. The first-order chi connectivity index (χ1) is 18.7. The van der Waals surface area contributed by atoms with Crippen LogP contribution in [0.5, 0.6) is 11.5 Å². The smallest absolute Gasteiger partial charge is 0.188 e. The van der Waals surface area contributed by atoms with Gasteiger partial charge in [0, 0.05) is 38.5 Å². The summed E-state index contributed by atoms with van der Waals surface area (Å²) in [6.07, 6.45) is 5.59. The Hall–Kier alpha value is -3.72. The molecule has 1 N–H and O–H groups in total. The largest absolute Gasteiger partial charge is 0.453 e. The molecular weight excluding hydrogens is 529 g/mol. The van der Waals surface area contributed by atoms with Crippen LogP contribution < -0.4 is 10.1 Å². The van der Waals surface area contributed by atoms with Crippen molar-refractivity contribution in [2.24, 2.45) is 0 Å². The zero-order chi connectivity index (χ0) is 25.7. The van der Waals surface area contributed by atoms with E-state index in [2.05, 4.69) is 59.0 Å². The highest BCUT2D eigenvalue weighted by Crippen LogP contribution is 2.40. The zero-order valence-corrected chi connectivity index (χ0v) is 23.1. The Morgan fingerprint density at radius 2 is 1.74 bits per heavy atom. The van der Waals surface area contributed by atoms with E-state index < -0.39 is 0 Å². The van der Waals surface area contributed by atoms with Gasteiger partial charge in [0.15, 0.2) is 16.7 Å². The van der Waals surface area contributed by atoms with Crippen molar-refractivity contribution in [3.8, 4) is 11.5 Å². The van der Waals surface area contributed by atoms with Gasteiger partial charge in [-0.2, -0.15) is 0 Å². The average Bonchev–Trinajstić information content (AvgIpc) is 3.56. The van der Waals surface area contributed by atoms with Gasteiger partial charge in [0.2, 0.25) is 0 Å². The fourth-order valence-corrected chi connectivity index (χ4v) is 6.73. The molecule has 5 nitrogen and oxygen atoms in total. The summed E-state index contributed by atoms with van der Waals surface area (Å²) < 4.78 is 7.48. The number of aromatic nitrogens is 3. The molecule has 6 rings (SSSR count). The second-order valence-corrected chi connectivity index (χ2v) is 11.9. The number of ether oxygens (including phenoxy) is 1. The summed E-state index contributed by atoms with van der Waals surface area (Å²) in [4.78, 5) is 17.5. The molecule has 0 spiro atoms. The van der Waals surface area contributed by atoms with Crippen LogP contribution in [0.2, 0.25) is 0 Å². The summed E-state index contributed by atoms with van der Waals surface area (Å²) in [6.45, 7) is 2.11. The first-order valence-corrected chi connectivity index (χ1v) is 14.7. The van der Waals surface area contributed by atoms with E-state index in [4.69, 9.17) is 14.7 Å². The number of thiophene rings is 1. The zero-order valence-electron chi connectivity index (χ0n) is 20.6. The molecule has 0 atom stereocenters. The van der Waals surface area contributed by atoms with Gasteiger partial charge in [-0.05, 0) is 49.6 Å². The standard InChI is InChI=1S/C30H24N4OS3/c1-20-16-25-28(37-20)27(14-15-31-25)38-24-17-26(35-23-10-6-3-7-11-23)29(32-18-24)34-30-33-22(19-36-30)13-12-21-8-4-2-5-9-21/h2-11,14-19H,12-13H2,1H3,(H,32,33,34). The van der Waals surface area contributed by atoms with Crippen LogP contribution in [0.1, 0.15) is 16.1 Å². The van der Waals surface area contributed by atoms with Gasteiger partial charge in [-0.3, -0.25) is 4.98 Å². The van der Waals surface area contributed by atoms with Gasteiger partial charge in [-0.1, -0.05) is 60.3 Å². The highest BCUT2D eigenvalue weighted by molar-refractivity contribution is 7.99. The maximum Gasteiger partial charge on any atom is 0.188 e. The van der Waals surface area contributed by atoms with Gasteiger partial charge < -0.3 is 10.1 Å². The van der Waals surface area contributed by atoms with Crippen molar-refractivity contribution in [3.63, 3.8) is 0 Å². The fourth-order valence-electron chi connectivity index (χ4n) is 4.01. The number of hydrogen-bond donors (Lipinski definition) is 1. The van der Waals surface area contributed by atoms with Crippen molar-refractivity contribution in [2.45, 2.75) is 29.6 Å². The topological polar surface area (TPSA) is 59.9 Å². The molecule has 188 valence electrons. The summed E-state index contributed by atoms with van der Waals surface area (Å²) in [5, 5.41) is 6.29. The quantitative estimate of drug-likeness (QED) is 0.193. The number of rotatable bonds is 9. The van der Waals surface area contributed by atoms with Crippen LogP contribution in [0.25, 0.3) is 10.2 Å². The minimum atomic E-state index is 0.633. The Bertz CT molecular complexity index is 1670. The molecule has 4 heterocycles. The third-order valence-corrected chi connectivity index (χ3v) is 8.84. The third-order valence-electron chi connectivity index (χ3n) is 5.82. The lowest BCUT2D eigenvalue weighted by Gasteiger charge is -2.12. The number of hydrogen-bond acceptors (Lipinski definition) is 8. The van der Waals surface area contributed by atoms with Gasteiger partial charge in [0.05, 0.1) is 15.9 Å². The maximum atomic E-state index is 6.29. The molecule has 0 saturated heterocycles. The van der Waals surface area contributed by atoms with Crippen molar-refractivity contribution >= 4 is 55.6 Å². The molecule has 4 aromatic heterocycles. The fraction of sp³-hybridized carbons (Fsp3) is 0.100. The highest BCUT2D eigenvalue weighted by Gasteiger charge is 2.14. The van der Waals surface area contributed by atoms with Crippen LogP contribution in [0.15, 0.2) is 106 Å². The van der Waals surface area contributed by atoms with Crippen LogP contribution in [-0.2, 0) is 12.8 Å². The van der Waals surface area contributed by atoms with Gasteiger partial charge in [0.25, 0.3) is 0 Å². The Morgan fingerprint density at radius 1 is 0.921 bits per heavy atom. The number of nitrogens with one attached hydrogen (secondary N) is 1. The van der Waals surface area contributed by atoms with Crippen molar-refractivity contribution in [2.75, 3.05) is 5.32 Å². The van der Waals surface area contributed by atoms with Crippen molar-refractivity contribution < 1.29 is 4.74 Å². The first kappa shape index (κ1) is 24.6. The van der Waals surface area contributed by atoms with E-state index in [9.17, 15) is 0 Å². The minimum Gasteiger partial charge on any atom is -0.453 e. The molecule has 0 aliphatic heterocycles. The molecule has 0 bridgehead atoms. The second-order valence-electron chi connectivity index (χ2n) is 8.67. The van der Waals surface area contributed by atoms with E-state index in [1.807, 2.05) is 54.9 Å². The number of anilines is 2. The molecule has 0 aliphatic carbocycles. The van der Waals surface area contributed by atoms with Crippen molar-refractivity contribution in [1.29, 1.82) is 0 Å². The lowest BCUT2D eigenvalue weighted by molar-refractivity contribution is 0.481. The normalized spacial score (nSPS) is 11.1. The first-order valence-electron chi connectivity index (χ1n) is 12.2. The molecular formula is C30H24N4OS3. The van der Waals surface area contributed by atoms with Crippen LogP contribution in [-0.4, -0.2) is 15.0 Å².